The monoisotopic (exact) mass is 420 g/mol. The van der Waals surface area contributed by atoms with E-state index in [1.165, 1.54) is 5.56 Å². The molecule has 0 unspecified atom stereocenters. The molecule has 0 spiro atoms. The van der Waals surface area contributed by atoms with E-state index in [1.54, 1.807) is 36.1 Å². The number of nitrogens with zero attached hydrogens (tertiary/aromatic N) is 4. The molecule has 3 aromatic rings. The van der Waals surface area contributed by atoms with Crippen LogP contribution in [0.3, 0.4) is 0 Å². The highest BCUT2D eigenvalue weighted by atomic mass is 16.4. The molecule has 1 aliphatic rings. The number of benzene rings is 2. The highest BCUT2D eigenvalue weighted by molar-refractivity contribution is 6.01. The Labute approximate surface area is 179 Å². The van der Waals surface area contributed by atoms with Crippen LogP contribution in [0.4, 0.5) is 0 Å². The minimum Gasteiger partial charge on any atom is -0.476 e. The number of carboxylic acid groups (broad SMARTS) is 1. The first-order chi connectivity index (χ1) is 15.0. The van der Waals surface area contributed by atoms with Gasteiger partial charge in [0.05, 0.1) is 5.39 Å². The molecular weight excluding hydrogens is 396 g/mol. The number of hydrogen-bond acceptors (Lipinski definition) is 5. The van der Waals surface area contributed by atoms with Crippen molar-refractivity contribution in [2.24, 2.45) is 0 Å². The van der Waals surface area contributed by atoms with Crippen molar-refractivity contribution in [2.45, 2.75) is 19.5 Å². The normalized spacial score (nSPS) is 15.7. The van der Waals surface area contributed by atoms with Crippen molar-refractivity contribution < 1.29 is 14.7 Å². The van der Waals surface area contributed by atoms with Crippen LogP contribution in [0, 0.1) is 0 Å². The summed E-state index contributed by atoms with van der Waals surface area (Å²) in [5.41, 5.74) is 0.524. The average Bonchev–Trinajstić information content (AvgIpc) is 2.79. The minimum absolute atomic E-state index is 0.234. The van der Waals surface area contributed by atoms with Gasteiger partial charge in [0, 0.05) is 38.1 Å². The molecule has 160 valence electrons. The summed E-state index contributed by atoms with van der Waals surface area (Å²) in [6.07, 6.45) is 0. The number of carbonyl (C=O) groups excluding carboxylic acids is 1. The van der Waals surface area contributed by atoms with Gasteiger partial charge in [-0.3, -0.25) is 14.5 Å². The molecule has 2 aromatic carbocycles. The third-order valence-electron chi connectivity index (χ3n) is 5.69. The molecule has 1 aliphatic heterocycles. The van der Waals surface area contributed by atoms with Crippen LogP contribution in [-0.4, -0.2) is 62.7 Å². The number of aromatic nitrogens is 2. The maximum Gasteiger partial charge on any atom is 0.357 e. The molecular formula is C23H24N4O4. The first-order valence-corrected chi connectivity index (χ1v) is 10.3. The van der Waals surface area contributed by atoms with Gasteiger partial charge in [-0.2, -0.15) is 5.10 Å². The average molecular weight is 420 g/mol. The molecule has 31 heavy (non-hydrogen) atoms. The van der Waals surface area contributed by atoms with Gasteiger partial charge in [0.25, 0.3) is 5.56 Å². The summed E-state index contributed by atoms with van der Waals surface area (Å²) in [5.74, 6) is -1.47. The van der Waals surface area contributed by atoms with Crippen LogP contribution in [0.1, 0.15) is 29.0 Å². The number of fused-ring (bicyclic) bond motifs is 1. The van der Waals surface area contributed by atoms with Crippen LogP contribution < -0.4 is 5.56 Å². The molecule has 1 saturated heterocycles. The van der Waals surface area contributed by atoms with Gasteiger partial charge in [-0.05, 0) is 18.6 Å². The van der Waals surface area contributed by atoms with Crippen LogP contribution in [-0.2, 0) is 11.3 Å². The Kier molecular flexibility index (Phi) is 5.81. The molecule has 4 rings (SSSR count). The zero-order valence-corrected chi connectivity index (χ0v) is 17.3. The molecule has 0 saturated carbocycles. The van der Waals surface area contributed by atoms with Crippen LogP contribution in [0.25, 0.3) is 10.8 Å². The molecule has 1 fully saturated rings. The Morgan fingerprint density at radius 1 is 0.968 bits per heavy atom. The fourth-order valence-corrected chi connectivity index (χ4v) is 3.96. The van der Waals surface area contributed by atoms with Crippen molar-refractivity contribution in [2.75, 3.05) is 26.2 Å². The van der Waals surface area contributed by atoms with Crippen molar-refractivity contribution >= 4 is 22.6 Å². The fraction of sp³-hybridized carbons (Fsp3) is 0.304. The zero-order valence-electron chi connectivity index (χ0n) is 17.3. The van der Waals surface area contributed by atoms with Crippen molar-refractivity contribution in [1.29, 1.82) is 0 Å². The molecule has 0 bridgehead atoms. The van der Waals surface area contributed by atoms with Crippen LogP contribution in [0.15, 0.2) is 59.4 Å². The number of aromatic carboxylic acids is 1. The van der Waals surface area contributed by atoms with Gasteiger partial charge in [-0.25, -0.2) is 9.48 Å². The van der Waals surface area contributed by atoms with Crippen molar-refractivity contribution in [3.63, 3.8) is 0 Å². The fourth-order valence-electron chi connectivity index (χ4n) is 3.96. The molecule has 8 nitrogen and oxygen atoms in total. The zero-order chi connectivity index (χ0) is 22.0. The third kappa shape index (κ3) is 4.20. The number of piperazine rings is 1. The highest BCUT2D eigenvalue weighted by Gasteiger charge is 2.28. The quantitative estimate of drug-likeness (QED) is 0.678. The number of amides is 1. The molecule has 8 heteroatoms. The molecule has 1 aromatic heterocycles. The lowest BCUT2D eigenvalue weighted by molar-refractivity contribution is -0.136. The second-order valence-electron chi connectivity index (χ2n) is 7.71. The molecule has 2 heterocycles. The maximum atomic E-state index is 13.1. The number of rotatable bonds is 5. The van der Waals surface area contributed by atoms with E-state index in [4.69, 9.17) is 0 Å². The summed E-state index contributed by atoms with van der Waals surface area (Å²) in [4.78, 5) is 41.7. The van der Waals surface area contributed by atoms with E-state index in [9.17, 15) is 19.5 Å². The lowest BCUT2D eigenvalue weighted by atomic mass is 10.1. The number of hydrogen-bond donors (Lipinski definition) is 1. The molecule has 0 radical (unpaired) electrons. The number of carbonyl (C=O) groups is 2. The smallest absolute Gasteiger partial charge is 0.357 e. The van der Waals surface area contributed by atoms with Crippen LogP contribution in [0.2, 0.25) is 0 Å². The molecule has 1 atom stereocenters. The summed E-state index contributed by atoms with van der Waals surface area (Å²) in [6.45, 7) is 4.97. The predicted octanol–water partition coefficient (Wildman–Crippen LogP) is 2.00. The van der Waals surface area contributed by atoms with E-state index in [-0.39, 0.29) is 22.4 Å². The lowest BCUT2D eigenvalue weighted by Gasteiger charge is -2.36. The second kappa shape index (κ2) is 8.69. The van der Waals surface area contributed by atoms with Crippen LogP contribution >= 0.6 is 0 Å². The van der Waals surface area contributed by atoms with Crippen molar-refractivity contribution in [1.82, 2.24) is 19.6 Å². The van der Waals surface area contributed by atoms with Gasteiger partial charge in [0.15, 0.2) is 5.69 Å². The largest absolute Gasteiger partial charge is 0.476 e. The van der Waals surface area contributed by atoms with Crippen molar-refractivity contribution in [3.05, 3.63) is 76.2 Å². The Hall–Kier alpha value is -3.52. The maximum absolute atomic E-state index is 13.1. The summed E-state index contributed by atoms with van der Waals surface area (Å²) < 4.78 is 1.00. The first kappa shape index (κ1) is 20.7. The molecule has 1 N–H and O–H groups in total. The van der Waals surface area contributed by atoms with Crippen molar-refractivity contribution in [3.8, 4) is 0 Å². The van der Waals surface area contributed by atoms with E-state index in [1.807, 2.05) is 18.2 Å². The Balaban J connectivity index is 1.51. The SMILES string of the molecule is C[C@@H](C(=O)N1CCN(Cc2ccccc2)CC1)n1nc(C(=O)O)c2ccccc2c1=O. The second-order valence-corrected chi connectivity index (χ2v) is 7.71. The van der Waals surface area contributed by atoms with E-state index < -0.39 is 17.6 Å². The third-order valence-corrected chi connectivity index (χ3v) is 5.69. The minimum atomic E-state index is -1.24. The highest BCUT2D eigenvalue weighted by Crippen LogP contribution is 2.17. The lowest BCUT2D eigenvalue weighted by Crippen LogP contribution is -2.50. The van der Waals surface area contributed by atoms with Gasteiger partial charge in [0.1, 0.15) is 6.04 Å². The molecule has 0 aliphatic carbocycles. The van der Waals surface area contributed by atoms with E-state index >= 15 is 0 Å². The summed E-state index contributed by atoms with van der Waals surface area (Å²) in [6, 6.07) is 15.7. The van der Waals surface area contributed by atoms with Crippen LogP contribution in [0.5, 0.6) is 0 Å². The van der Waals surface area contributed by atoms with Gasteiger partial charge in [-0.1, -0.05) is 48.5 Å². The van der Waals surface area contributed by atoms with E-state index in [0.29, 0.717) is 13.1 Å². The van der Waals surface area contributed by atoms with Gasteiger partial charge in [-0.15, -0.1) is 0 Å². The van der Waals surface area contributed by atoms with E-state index in [0.717, 1.165) is 24.3 Å². The van der Waals surface area contributed by atoms with E-state index in [2.05, 4.69) is 22.1 Å². The van der Waals surface area contributed by atoms with Gasteiger partial charge < -0.3 is 10.0 Å². The topological polar surface area (TPSA) is 95.7 Å². The van der Waals surface area contributed by atoms with Gasteiger partial charge >= 0.3 is 5.97 Å². The standard InChI is InChI=1S/C23H24N4O4/c1-16(27-22(29)19-10-6-5-9-18(19)20(24-27)23(30)31)21(28)26-13-11-25(12-14-26)15-17-7-3-2-4-8-17/h2-10,16H,11-15H2,1H3,(H,30,31)/t16-/m0/s1. The Bertz CT molecular complexity index is 1170. The molecule has 1 amide bonds. The summed E-state index contributed by atoms with van der Waals surface area (Å²) in [5, 5.41) is 14.1. The summed E-state index contributed by atoms with van der Waals surface area (Å²) >= 11 is 0. The first-order valence-electron chi connectivity index (χ1n) is 10.3. The summed E-state index contributed by atoms with van der Waals surface area (Å²) in [7, 11) is 0. The Morgan fingerprint density at radius 3 is 2.23 bits per heavy atom. The predicted molar refractivity (Wildman–Crippen MR) is 116 cm³/mol. The Morgan fingerprint density at radius 2 is 1.58 bits per heavy atom. The van der Waals surface area contributed by atoms with Gasteiger partial charge in [0.2, 0.25) is 5.91 Å². The number of carboxylic acids is 1.